The lowest BCUT2D eigenvalue weighted by atomic mass is 10.2. The highest BCUT2D eigenvalue weighted by molar-refractivity contribution is 5.40. The van der Waals surface area contributed by atoms with E-state index in [0.717, 1.165) is 6.07 Å². The van der Waals surface area contributed by atoms with Crippen molar-refractivity contribution in [2.45, 2.75) is 12.9 Å². The van der Waals surface area contributed by atoms with Gasteiger partial charge in [0.25, 0.3) is 5.69 Å². The van der Waals surface area contributed by atoms with Gasteiger partial charge in [-0.1, -0.05) is 0 Å². The summed E-state index contributed by atoms with van der Waals surface area (Å²) in [6.45, 7) is -0.285. The predicted octanol–water partition coefficient (Wildman–Crippen LogP) is 1.35. The number of ether oxygens (including phenoxy) is 1. The predicted molar refractivity (Wildman–Crippen MR) is 45.5 cm³/mol. The molecule has 1 aromatic heterocycles. The highest BCUT2D eigenvalue weighted by atomic mass is 19.4. The Morgan fingerprint density at radius 3 is 2.62 bits per heavy atom. The Morgan fingerprint density at radius 1 is 1.56 bits per heavy atom. The molecule has 0 spiro atoms. The maximum Gasteiger partial charge on any atom is 0.574 e. The molecule has 0 fully saturated rings. The number of hydrogen-bond acceptors (Lipinski definition) is 5. The van der Waals surface area contributed by atoms with Crippen LogP contribution in [0.25, 0.3) is 0 Å². The van der Waals surface area contributed by atoms with Crippen LogP contribution < -0.4 is 10.5 Å². The third-order valence-electron chi connectivity index (χ3n) is 1.58. The van der Waals surface area contributed by atoms with Crippen LogP contribution in [-0.2, 0) is 6.54 Å². The van der Waals surface area contributed by atoms with Crippen molar-refractivity contribution >= 4 is 5.69 Å². The summed E-state index contributed by atoms with van der Waals surface area (Å²) in [6, 6.07) is 0.783. The molecule has 0 saturated carbocycles. The molecule has 6 nitrogen and oxygen atoms in total. The van der Waals surface area contributed by atoms with Gasteiger partial charge in [-0.2, -0.15) is 0 Å². The minimum Gasteiger partial charge on any atom is -0.388 e. The van der Waals surface area contributed by atoms with Crippen LogP contribution in [0, 0.1) is 10.1 Å². The van der Waals surface area contributed by atoms with Gasteiger partial charge in [-0.15, -0.1) is 13.2 Å². The van der Waals surface area contributed by atoms with Gasteiger partial charge in [-0.3, -0.25) is 10.1 Å². The Bertz CT molecular complexity index is 408. The molecule has 16 heavy (non-hydrogen) atoms. The van der Waals surface area contributed by atoms with Gasteiger partial charge < -0.3 is 10.5 Å². The summed E-state index contributed by atoms with van der Waals surface area (Å²) in [5.74, 6) is -0.779. The molecule has 0 unspecified atom stereocenters. The molecule has 0 aliphatic heterocycles. The number of nitrogens with zero attached hydrogens (tertiary/aromatic N) is 2. The fourth-order valence-electron chi connectivity index (χ4n) is 0.970. The summed E-state index contributed by atoms with van der Waals surface area (Å²) in [5.41, 5.74) is 4.62. The highest BCUT2D eigenvalue weighted by Crippen LogP contribution is 2.25. The van der Waals surface area contributed by atoms with Gasteiger partial charge in [-0.05, 0) is 0 Å². The molecule has 9 heteroatoms. The molecule has 1 heterocycles. The maximum atomic E-state index is 11.8. The molecule has 1 rings (SSSR count). The Morgan fingerprint density at radius 2 is 2.19 bits per heavy atom. The number of hydrogen-bond donors (Lipinski definition) is 1. The first-order valence-corrected chi connectivity index (χ1v) is 3.92. The fraction of sp³-hybridized carbons (Fsp3) is 0.286. The zero-order valence-corrected chi connectivity index (χ0v) is 7.69. The van der Waals surface area contributed by atoms with Crippen LogP contribution >= 0.6 is 0 Å². The first-order valence-electron chi connectivity index (χ1n) is 3.92. The number of halogens is 3. The Hall–Kier alpha value is -1.90. The topological polar surface area (TPSA) is 91.3 Å². The monoisotopic (exact) mass is 237 g/mol. The van der Waals surface area contributed by atoms with E-state index in [-0.39, 0.29) is 12.1 Å². The fourth-order valence-corrected chi connectivity index (χ4v) is 0.970. The Labute approximate surface area is 87.0 Å². The van der Waals surface area contributed by atoms with Crippen molar-refractivity contribution in [3.05, 3.63) is 27.9 Å². The summed E-state index contributed by atoms with van der Waals surface area (Å²) < 4.78 is 38.9. The zero-order chi connectivity index (χ0) is 12.3. The number of rotatable bonds is 3. The molecule has 0 aliphatic carbocycles. The molecule has 0 amide bonds. The summed E-state index contributed by atoms with van der Waals surface area (Å²) in [7, 11) is 0. The van der Waals surface area contributed by atoms with Gasteiger partial charge in [-0.25, -0.2) is 4.98 Å². The molecule has 0 aromatic carbocycles. The van der Waals surface area contributed by atoms with Crippen LogP contribution in [0.15, 0.2) is 12.3 Å². The van der Waals surface area contributed by atoms with Crippen molar-refractivity contribution in [3.63, 3.8) is 0 Å². The Balaban J connectivity index is 3.05. The molecule has 88 valence electrons. The van der Waals surface area contributed by atoms with Crippen molar-refractivity contribution < 1.29 is 22.8 Å². The van der Waals surface area contributed by atoms with Gasteiger partial charge in [0.15, 0.2) is 0 Å². The molecule has 0 radical (unpaired) electrons. The van der Waals surface area contributed by atoms with Gasteiger partial charge in [0.05, 0.1) is 10.5 Å². The second-order valence-corrected chi connectivity index (χ2v) is 2.66. The minimum atomic E-state index is -4.89. The van der Waals surface area contributed by atoms with Gasteiger partial charge in [0.2, 0.25) is 5.88 Å². The van der Waals surface area contributed by atoms with Crippen LogP contribution in [0.1, 0.15) is 5.56 Å². The smallest absolute Gasteiger partial charge is 0.388 e. The molecular formula is C7H6F3N3O3. The van der Waals surface area contributed by atoms with E-state index in [4.69, 9.17) is 5.73 Å². The van der Waals surface area contributed by atoms with Gasteiger partial charge in [0, 0.05) is 12.6 Å². The van der Waals surface area contributed by atoms with E-state index in [1.165, 1.54) is 0 Å². The number of pyridine rings is 1. The molecule has 0 saturated heterocycles. The zero-order valence-electron chi connectivity index (χ0n) is 7.69. The SMILES string of the molecule is NCc1cc(OC(F)(F)F)ncc1[N+](=O)[O-]. The first-order chi connectivity index (χ1) is 7.33. The van der Waals surface area contributed by atoms with Crippen LogP contribution in [0.2, 0.25) is 0 Å². The summed E-state index contributed by atoms with van der Waals surface area (Å²) >= 11 is 0. The quantitative estimate of drug-likeness (QED) is 0.632. The van der Waals surface area contributed by atoms with Crippen LogP contribution in [0.4, 0.5) is 18.9 Å². The molecule has 0 atom stereocenters. The van der Waals surface area contributed by atoms with E-state index in [0.29, 0.717) is 6.20 Å². The second kappa shape index (κ2) is 4.31. The van der Waals surface area contributed by atoms with E-state index in [9.17, 15) is 23.3 Å². The maximum absolute atomic E-state index is 11.8. The largest absolute Gasteiger partial charge is 0.574 e. The van der Waals surface area contributed by atoms with E-state index in [1.807, 2.05) is 0 Å². The lowest BCUT2D eigenvalue weighted by Gasteiger charge is -2.08. The van der Waals surface area contributed by atoms with Gasteiger partial charge >= 0.3 is 6.36 Å². The average molecular weight is 237 g/mol. The molecule has 1 aromatic rings. The third kappa shape index (κ3) is 3.05. The van der Waals surface area contributed by atoms with Crippen molar-refractivity contribution in [3.8, 4) is 5.88 Å². The minimum absolute atomic E-state index is 0.0840. The van der Waals surface area contributed by atoms with Gasteiger partial charge in [0.1, 0.15) is 6.20 Å². The standard InChI is InChI=1S/C7H6F3N3O3/c8-7(9,10)16-6-1-4(2-11)5(3-12-6)13(14)15/h1,3H,2,11H2. The average Bonchev–Trinajstić information content (AvgIpc) is 2.14. The van der Waals surface area contributed by atoms with E-state index in [2.05, 4.69) is 9.72 Å². The number of nitrogens with two attached hydrogens (primary N) is 1. The Kier molecular flexibility index (Phi) is 3.28. The number of nitro groups is 1. The third-order valence-corrected chi connectivity index (χ3v) is 1.58. The van der Waals surface area contributed by atoms with Crippen molar-refractivity contribution in [1.82, 2.24) is 4.98 Å². The van der Waals surface area contributed by atoms with Crippen molar-refractivity contribution in [2.24, 2.45) is 5.73 Å². The van der Waals surface area contributed by atoms with E-state index in [1.54, 1.807) is 0 Å². The first kappa shape index (κ1) is 12.2. The van der Waals surface area contributed by atoms with Crippen molar-refractivity contribution in [1.29, 1.82) is 0 Å². The summed E-state index contributed by atoms with van der Waals surface area (Å²) in [6.07, 6.45) is -4.22. The van der Waals surface area contributed by atoms with Crippen LogP contribution in [0.3, 0.4) is 0 Å². The van der Waals surface area contributed by atoms with E-state index >= 15 is 0 Å². The molecule has 0 bridgehead atoms. The lowest BCUT2D eigenvalue weighted by molar-refractivity contribution is -0.386. The van der Waals surface area contributed by atoms with Crippen LogP contribution in [-0.4, -0.2) is 16.3 Å². The molecule has 0 aliphatic rings. The van der Waals surface area contributed by atoms with E-state index < -0.39 is 22.9 Å². The normalized spacial score (nSPS) is 11.2. The molecular weight excluding hydrogens is 231 g/mol. The second-order valence-electron chi connectivity index (χ2n) is 2.66. The van der Waals surface area contributed by atoms with Crippen LogP contribution in [0.5, 0.6) is 5.88 Å². The van der Waals surface area contributed by atoms with Crippen molar-refractivity contribution in [2.75, 3.05) is 0 Å². The summed E-state index contributed by atoms with van der Waals surface area (Å²) in [4.78, 5) is 12.8. The molecule has 2 N–H and O–H groups in total. The lowest BCUT2D eigenvalue weighted by Crippen LogP contribution is -2.18. The number of alkyl halides is 3. The highest BCUT2D eigenvalue weighted by Gasteiger charge is 2.32. The number of aromatic nitrogens is 1. The summed E-state index contributed by atoms with van der Waals surface area (Å²) in [5, 5.41) is 10.4.